The molecule has 0 aliphatic carbocycles. The Hall–Kier alpha value is -3.81. The van der Waals surface area contributed by atoms with Gasteiger partial charge in [0.1, 0.15) is 5.82 Å². The van der Waals surface area contributed by atoms with Crippen LogP contribution in [0.25, 0.3) is 11.0 Å². The third-order valence-electron chi connectivity index (χ3n) is 8.18. The third kappa shape index (κ3) is 8.27. The standard InChI is InChI=1S/C33H41N5O6S/c1-33(2,34-23-30(39)26-10-6-7-11-27(26)36-45(42,43)25-8-4-3-5-9-25)15-17-38-29-13-12-24(32(40)41)22-28(29)35-31(38)14-16-37-18-20-44-21-19-37/h3-13,22,30,34,36,39H,14-21,23H2,1-2H3,(H,40,41). The number of sulfonamides is 1. The van der Waals surface area contributed by atoms with E-state index >= 15 is 0 Å². The third-order valence-corrected chi connectivity index (χ3v) is 9.56. The zero-order chi connectivity index (χ0) is 32.0. The molecule has 5 rings (SSSR count). The van der Waals surface area contributed by atoms with Gasteiger partial charge in [-0.2, -0.15) is 0 Å². The van der Waals surface area contributed by atoms with Crippen molar-refractivity contribution in [2.75, 3.05) is 44.1 Å². The molecule has 1 saturated heterocycles. The van der Waals surface area contributed by atoms with Crippen molar-refractivity contribution in [3.8, 4) is 0 Å². The second kappa shape index (κ2) is 14.1. The number of benzene rings is 3. The fourth-order valence-electron chi connectivity index (χ4n) is 5.48. The minimum absolute atomic E-state index is 0.143. The van der Waals surface area contributed by atoms with Gasteiger partial charge in [-0.05, 0) is 56.7 Å². The van der Waals surface area contributed by atoms with E-state index in [-0.39, 0.29) is 17.0 Å². The van der Waals surface area contributed by atoms with Crippen LogP contribution in [-0.4, -0.2) is 84.0 Å². The zero-order valence-electron chi connectivity index (χ0n) is 25.6. The molecule has 0 spiro atoms. The number of carboxylic acids is 1. The van der Waals surface area contributed by atoms with Crippen molar-refractivity contribution in [2.45, 2.75) is 49.8 Å². The summed E-state index contributed by atoms with van der Waals surface area (Å²) in [7, 11) is -3.82. The van der Waals surface area contributed by atoms with E-state index in [9.17, 15) is 23.4 Å². The van der Waals surface area contributed by atoms with E-state index in [1.165, 1.54) is 12.1 Å². The first-order valence-electron chi connectivity index (χ1n) is 15.1. The number of hydrogen-bond acceptors (Lipinski definition) is 8. The first kappa shape index (κ1) is 32.6. The molecule has 4 aromatic rings. The number of carbonyl (C=O) groups is 1. The zero-order valence-corrected chi connectivity index (χ0v) is 26.5. The number of rotatable bonds is 14. The van der Waals surface area contributed by atoms with Gasteiger partial charge in [-0.15, -0.1) is 0 Å². The summed E-state index contributed by atoms with van der Waals surface area (Å²) in [5, 5.41) is 24.1. The predicted molar refractivity (Wildman–Crippen MR) is 173 cm³/mol. The van der Waals surface area contributed by atoms with Crippen molar-refractivity contribution < 1.29 is 28.2 Å². The monoisotopic (exact) mass is 635 g/mol. The first-order valence-corrected chi connectivity index (χ1v) is 16.6. The summed E-state index contributed by atoms with van der Waals surface area (Å²) in [6.07, 6.45) is 0.449. The van der Waals surface area contributed by atoms with Crippen molar-refractivity contribution in [1.29, 1.82) is 0 Å². The van der Waals surface area contributed by atoms with Gasteiger partial charge in [0, 0.05) is 50.2 Å². The minimum Gasteiger partial charge on any atom is -0.478 e. The molecule has 1 aliphatic heterocycles. The van der Waals surface area contributed by atoms with Gasteiger partial charge in [0.2, 0.25) is 0 Å². The summed E-state index contributed by atoms with van der Waals surface area (Å²) in [6.45, 7) is 8.95. The van der Waals surface area contributed by atoms with Crippen LogP contribution >= 0.6 is 0 Å². The van der Waals surface area contributed by atoms with E-state index in [0.29, 0.717) is 42.9 Å². The first-order chi connectivity index (χ1) is 21.5. The number of aliphatic hydroxyl groups is 1. The predicted octanol–water partition coefficient (Wildman–Crippen LogP) is 3.90. The largest absolute Gasteiger partial charge is 0.478 e. The van der Waals surface area contributed by atoms with Crippen LogP contribution in [0.3, 0.4) is 0 Å². The van der Waals surface area contributed by atoms with Crippen molar-refractivity contribution in [2.24, 2.45) is 0 Å². The molecular weight excluding hydrogens is 594 g/mol. The second-order valence-corrected chi connectivity index (χ2v) is 13.6. The molecule has 0 saturated carbocycles. The molecule has 1 aromatic heterocycles. The Labute approximate surface area is 263 Å². The number of aromatic carboxylic acids is 1. The van der Waals surface area contributed by atoms with Crippen molar-refractivity contribution >= 4 is 32.7 Å². The highest BCUT2D eigenvalue weighted by Gasteiger charge is 2.24. The number of morpholine rings is 1. The lowest BCUT2D eigenvalue weighted by Gasteiger charge is -2.29. The van der Waals surface area contributed by atoms with Gasteiger partial charge >= 0.3 is 5.97 Å². The van der Waals surface area contributed by atoms with Crippen LogP contribution in [0.4, 0.5) is 5.69 Å². The molecule has 0 amide bonds. The summed E-state index contributed by atoms with van der Waals surface area (Å²) in [5.74, 6) is -0.0888. The maximum absolute atomic E-state index is 12.9. The van der Waals surface area contributed by atoms with Crippen LogP contribution in [0, 0.1) is 0 Å². The Morgan fingerprint density at radius 3 is 2.47 bits per heavy atom. The molecule has 3 aromatic carbocycles. The average Bonchev–Trinajstić information content (AvgIpc) is 3.39. The van der Waals surface area contributed by atoms with Crippen molar-refractivity contribution in [1.82, 2.24) is 19.8 Å². The lowest BCUT2D eigenvalue weighted by molar-refractivity contribution is 0.0381. The van der Waals surface area contributed by atoms with Crippen LogP contribution in [0.2, 0.25) is 0 Å². The lowest BCUT2D eigenvalue weighted by Crippen LogP contribution is -2.42. The smallest absolute Gasteiger partial charge is 0.335 e. The van der Waals surface area contributed by atoms with Crippen LogP contribution in [0.5, 0.6) is 0 Å². The molecule has 45 heavy (non-hydrogen) atoms. The molecule has 4 N–H and O–H groups in total. The van der Waals surface area contributed by atoms with Crippen LogP contribution in [-0.2, 0) is 27.7 Å². The Balaban J connectivity index is 1.27. The maximum Gasteiger partial charge on any atom is 0.335 e. The van der Waals surface area contributed by atoms with Gasteiger partial charge in [-0.1, -0.05) is 36.4 Å². The molecular formula is C33H41N5O6S. The Kier molecular flexibility index (Phi) is 10.2. The van der Waals surface area contributed by atoms with Gasteiger partial charge in [-0.3, -0.25) is 9.62 Å². The summed E-state index contributed by atoms with van der Waals surface area (Å²) in [4.78, 5) is 18.9. The summed E-state index contributed by atoms with van der Waals surface area (Å²) >= 11 is 0. The fourth-order valence-corrected chi connectivity index (χ4v) is 6.59. The Morgan fingerprint density at radius 2 is 1.73 bits per heavy atom. The molecule has 2 heterocycles. The maximum atomic E-state index is 12.9. The van der Waals surface area contributed by atoms with Gasteiger partial charge in [0.25, 0.3) is 10.0 Å². The summed E-state index contributed by atoms with van der Waals surface area (Å²) in [5.41, 5.74) is 2.13. The number of para-hydroxylation sites is 1. The highest BCUT2D eigenvalue weighted by Crippen LogP contribution is 2.27. The fraction of sp³-hybridized carbons (Fsp3) is 0.394. The van der Waals surface area contributed by atoms with E-state index in [1.54, 1.807) is 54.6 Å². The van der Waals surface area contributed by atoms with E-state index in [0.717, 1.165) is 37.4 Å². The van der Waals surface area contributed by atoms with E-state index in [1.807, 2.05) is 6.07 Å². The summed E-state index contributed by atoms with van der Waals surface area (Å²) < 4.78 is 36.2. The van der Waals surface area contributed by atoms with Gasteiger partial charge in [-0.25, -0.2) is 18.2 Å². The van der Waals surface area contributed by atoms with E-state index in [2.05, 4.69) is 33.4 Å². The number of aliphatic hydroxyl groups excluding tert-OH is 1. The number of aromatic nitrogens is 2. The Bertz CT molecular complexity index is 1720. The highest BCUT2D eigenvalue weighted by molar-refractivity contribution is 7.92. The number of aryl methyl sites for hydroxylation is 1. The normalized spacial score (nSPS) is 15.3. The van der Waals surface area contributed by atoms with E-state index in [4.69, 9.17) is 9.72 Å². The number of hydrogen-bond donors (Lipinski definition) is 4. The van der Waals surface area contributed by atoms with Gasteiger partial charge in [0.15, 0.2) is 0 Å². The molecule has 1 aliphatic rings. The second-order valence-electron chi connectivity index (χ2n) is 11.9. The van der Waals surface area contributed by atoms with Gasteiger partial charge in [0.05, 0.1) is 46.5 Å². The molecule has 12 heteroatoms. The molecule has 1 atom stereocenters. The number of anilines is 1. The number of carboxylic acid groups (broad SMARTS) is 1. The van der Waals surface area contributed by atoms with Gasteiger partial charge < -0.3 is 24.8 Å². The molecule has 1 fully saturated rings. The molecule has 1 unspecified atom stereocenters. The van der Waals surface area contributed by atoms with Crippen molar-refractivity contribution in [3.63, 3.8) is 0 Å². The average molecular weight is 636 g/mol. The van der Waals surface area contributed by atoms with Crippen LogP contribution in [0.15, 0.2) is 77.7 Å². The quantitative estimate of drug-likeness (QED) is 0.162. The van der Waals surface area contributed by atoms with Crippen molar-refractivity contribution in [3.05, 3.63) is 89.7 Å². The van der Waals surface area contributed by atoms with E-state index < -0.39 is 27.6 Å². The molecule has 0 bridgehead atoms. The topological polar surface area (TPSA) is 146 Å². The summed E-state index contributed by atoms with van der Waals surface area (Å²) in [6, 6.07) is 20.0. The number of imidazole rings is 1. The molecule has 11 nitrogen and oxygen atoms in total. The number of ether oxygens (including phenoxy) is 1. The van der Waals surface area contributed by atoms with Crippen LogP contribution < -0.4 is 10.0 Å². The minimum atomic E-state index is -3.82. The number of β-amino-alcohol motifs (C(OH)–C–C–N with tert-alkyl or cyclic N) is 1. The van der Waals surface area contributed by atoms with Crippen LogP contribution in [0.1, 0.15) is 48.1 Å². The highest BCUT2D eigenvalue weighted by atomic mass is 32.2. The Morgan fingerprint density at radius 1 is 1.02 bits per heavy atom. The molecule has 0 radical (unpaired) electrons. The SMILES string of the molecule is CC(C)(CCn1c(CCN2CCOCC2)nc2cc(C(=O)O)ccc21)NCC(O)c1ccccc1NS(=O)(=O)c1ccccc1. The lowest BCUT2D eigenvalue weighted by atomic mass is 9.99. The number of nitrogens with zero attached hydrogens (tertiary/aromatic N) is 3. The molecule has 240 valence electrons. The number of nitrogens with one attached hydrogen (secondary N) is 2. The number of fused-ring (bicyclic) bond motifs is 1.